The van der Waals surface area contributed by atoms with E-state index in [-0.39, 0.29) is 10.6 Å². The number of hydrogen-bond acceptors (Lipinski definition) is 3. The van der Waals surface area contributed by atoms with Crippen molar-refractivity contribution < 1.29 is 9.53 Å². The summed E-state index contributed by atoms with van der Waals surface area (Å²) in [5.41, 5.74) is 0.557. The van der Waals surface area contributed by atoms with Crippen LogP contribution in [0.2, 0.25) is 5.02 Å². The maximum absolute atomic E-state index is 11.3. The SMILES string of the molecule is COC(=O)c1ccc2cc(Cl)c(=O)[nH]c2c1. The second-order valence-corrected chi connectivity index (χ2v) is 3.65. The number of carbonyl (C=O) groups excluding carboxylic acids is 1. The summed E-state index contributed by atoms with van der Waals surface area (Å²) < 4.78 is 4.58. The number of H-pyrrole nitrogens is 1. The Hall–Kier alpha value is -1.81. The number of rotatable bonds is 1. The number of benzene rings is 1. The van der Waals surface area contributed by atoms with Crippen molar-refractivity contribution in [3.05, 3.63) is 45.2 Å². The molecule has 0 fully saturated rings. The molecule has 0 aliphatic carbocycles. The third kappa shape index (κ3) is 1.79. The summed E-state index contributed by atoms with van der Waals surface area (Å²) in [6, 6.07) is 6.42. The predicted molar refractivity (Wildman–Crippen MR) is 60.9 cm³/mol. The van der Waals surface area contributed by atoms with Crippen molar-refractivity contribution in [3.8, 4) is 0 Å². The van der Waals surface area contributed by atoms with Crippen molar-refractivity contribution in [2.24, 2.45) is 0 Å². The highest BCUT2D eigenvalue weighted by Gasteiger charge is 2.07. The summed E-state index contributed by atoms with van der Waals surface area (Å²) in [5, 5.41) is 0.885. The quantitative estimate of drug-likeness (QED) is 0.772. The van der Waals surface area contributed by atoms with Crippen LogP contribution in [0.3, 0.4) is 0 Å². The van der Waals surface area contributed by atoms with Crippen LogP contribution in [0.15, 0.2) is 29.1 Å². The maximum atomic E-state index is 11.3. The Bertz CT molecular complexity index is 618. The standard InChI is InChI=1S/C11H8ClNO3/c1-16-11(15)7-3-2-6-4-8(12)10(14)13-9(6)5-7/h2-5H,1H3,(H,13,14). The van der Waals surface area contributed by atoms with Gasteiger partial charge in [-0.2, -0.15) is 0 Å². The van der Waals surface area contributed by atoms with Gasteiger partial charge in [-0.1, -0.05) is 17.7 Å². The van der Waals surface area contributed by atoms with E-state index < -0.39 is 5.97 Å². The third-order valence-electron chi connectivity index (χ3n) is 2.22. The van der Waals surface area contributed by atoms with Crippen LogP contribution >= 0.6 is 11.6 Å². The van der Waals surface area contributed by atoms with Crippen molar-refractivity contribution in [1.82, 2.24) is 4.98 Å². The highest BCUT2D eigenvalue weighted by molar-refractivity contribution is 6.31. The first-order valence-electron chi connectivity index (χ1n) is 4.52. The summed E-state index contributed by atoms with van der Waals surface area (Å²) in [6.45, 7) is 0. The van der Waals surface area contributed by atoms with Crippen LogP contribution in [-0.2, 0) is 4.74 Å². The van der Waals surface area contributed by atoms with E-state index in [1.54, 1.807) is 24.3 Å². The fourth-order valence-corrected chi connectivity index (χ4v) is 1.58. The summed E-state index contributed by atoms with van der Waals surface area (Å²) in [7, 11) is 1.30. The molecule has 0 bridgehead atoms. The van der Waals surface area contributed by atoms with Gasteiger partial charge < -0.3 is 9.72 Å². The first-order valence-corrected chi connectivity index (χ1v) is 4.90. The summed E-state index contributed by atoms with van der Waals surface area (Å²) >= 11 is 5.68. The van der Waals surface area contributed by atoms with Gasteiger partial charge in [-0.3, -0.25) is 4.79 Å². The molecular formula is C11H8ClNO3. The first-order chi connectivity index (χ1) is 7.61. The lowest BCUT2D eigenvalue weighted by Crippen LogP contribution is -2.07. The third-order valence-corrected chi connectivity index (χ3v) is 2.50. The second-order valence-electron chi connectivity index (χ2n) is 3.24. The average Bonchev–Trinajstić information content (AvgIpc) is 2.29. The number of methoxy groups -OCH3 is 1. The molecule has 1 N–H and O–H groups in total. The number of aromatic nitrogens is 1. The Morgan fingerprint density at radius 1 is 1.38 bits per heavy atom. The van der Waals surface area contributed by atoms with Gasteiger partial charge in [0.2, 0.25) is 0 Å². The molecule has 2 rings (SSSR count). The maximum Gasteiger partial charge on any atom is 0.337 e. The van der Waals surface area contributed by atoms with E-state index in [4.69, 9.17) is 11.6 Å². The van der Waals surface area contributed by atoms with Crippen molar-refractivity contribution in [2.75, 3.05) is 7.11 Å². The Morgan fingerprint density at radius 3 is 2.81 bits per heavy atom. The van der Waals surface area contributed by atoms with Gasteiger partial charge in [-0.25, -0.2) is 4.79 Å². The van der Waals surface area contributed by atoms with E-state index in [0.717, 1.165) is 5.39 Å². The number of aromatic amines is 1. The van der Waals surface area contributed by atoms with E-state index in [9.17, 15) is 9.59 Å². The zero-order valence-corrected chi connectivity index (χ0v) is 9.17. The van der Waals surface area contributed by atoms with Crippen molar-refractivity contribution in [2.45, 2.75) is 0 Å². The number of pyridine rings is 1. The van der Waals surface area contributed by atoms with E-state index in [0.29, 0.717) is 11.1 Å². The smallest absolute Gasteiger partial charge is 0.337 e. The molecule has 5 heteroatoms. The van der Waals surface area contributed by atoms with E-state index in [2.05, 4.69) is 9.72 Å². The molecule has 0 amide bonds. The van der Waals surface area contributed by atoms with E-state index in [1.807, 2.05) is 0 Å². The zero-order chi connectivity index (χ0) is 11.7. The molecule has 1 aromatic carbocycles. The van der Waals surface area contributed by atoms with Crippen LogP contribution in [0.5, 0.6) is 0 Å². The zero-order valence-electron chi connectivity index (χ0n) is 8.41. The van der Waals surface area contributed by atoms with Gasteiger partial charge in [0.05, 0.1) is 12.7 Å². The minimum Gasteiger partial charge on any atom is -0.465 e. The number of fused-ring (bicyclic) bond motifs is 1. The molecular weight excluding hydrogens is 230 g/mol. The summed E-state index contributed by atoms with van der Waals surface area (Å²) in [6.07, 6.45) is 0. The number of carbonyl (C=O) groups is 1. The number of esters is 1. The van der Waals surface area contributed by atoms with Gasteiger partial charge >= 0.3 is 5.97 Å². The molecule has 0 aliphatic rings. The van der Waals surface area contributed by atoms with Gasteiger partial charge in [0.25, 0.3) is 5.56 Å². The molecule has 1 heterocycles. The Balaban J connectivity index is 2.67. The molecule has 0 saturated heterocycles. The predicted octanol–water partition coefficient (Wildman–Crippen LogP) is 1.97. The lowest BCUT2D eigenvalue weighted by molar-refractivity contribution is 0.0601. The van der Waals surface area contributed by atoms with Crippen LogP contribution in [0, 0.1) is 0 Å². The minimum atomic E-state index is -0.447. The molecule has 4 nitrogen and oxygen atoms in total. The van der Waals surface area contributed by atoms with Gasteiger partial charge in [0, 0.05) is 5.52 Å². The second kappa shape index (κ2) is 3.98. The lowest BCUT2D eigenvalue weighted by Gasteiger charge is -2.02. The molecule has 0 spiro atoms. The van der Waals surface area contributed by atoms with Gasteiger partial charge in [0.1, 0.15) is 5.02 Å². The highest BCUT2D eigenvalue weighted by Crippen LogP contribution is 2.15. The molecule has 0 saturated carbocycles. The topological polar surface area (TPSA) is 59.2 Å². The first kappa shape index (κ1) is 10.7. The monoisotopic (exact) mass is 237 g/mol. The Labute approximate surface area is 95.8 Å². The average molecular weight is 238 g/mol. The molecule has 0 radical (unpaired) electrons. The Morgan fingerprint density at radius 2 is 2.12 bits per heavy atom. The summed E-state index contributed by atoms with van der Waals surface area (Å²) in [5.74, 6) is -0.447. The van der Waals surface area contributed by atoms with E-state index >= 15 is 0 Å². The number of nitrogens with one attached hydrogen (secondary N) is 1. The van der Waals surface area contributed by atoms with Crippen molar-refractivity contribution in [1.29, 1.82) is 0 Å². The van der Waals surface area contributed by atoms with E-state index in [1.165, 1.54) is 7.11 Å². The van der Waals surface area contributed by atoms with Crippen LogP contribution in [0.4, 0.5) is 0 Å². The van der Waals surface area contributed by atoms with Gasteiger partial charge in [0.15, 0.2) is 0 Å². The van der Waals surface area contributed by atoms with Crippen molar-refractivity contribution in [3.63, 3.8) is 0 Å². The van der Waals surface area contributed by atoms with Crippen LogP contribution in [0.1, 0.15) is 10.4 Å². The summed E-state index contributed by atoms with van der Waals surface area (Å²) in [4.78, 5) is 25.1. The molecule has 16 heavy (non-hydrogen) atoms. The fourth-order valence-electron chi connectivity index (χ4n) is 1.42. The number of ether oxygens (including phenoxy) is 1. The molecule has 0 unspecified atom stereocenters. The van der Waals surface area contributed by atoms with Crippen LogP contribution < -0.4 is 5.56 Å². The van der Waals surface area contributed by atoms with Crippen LogP contribution in [0.25, 0.3) is 10.9 Å². The molecule has 0 atom stereocenters. The highest BCUT2D eigenvalue weighted by atomic mass is 35.5. The van der Waals surface area contributed by atoms with Gasteiger partial charge in [-0.15, -0.1) is 0 Å². The Kier molecular flexibility index (Phi) is 2.66. The molecule has 82 valence electrons. The fraction of sp³-hybridized carbons (Fsp3) is 0.0909. The minimum absolute atomic E-state index is 0.123. The normalized spacial score (nSPS) is 10.4. The number of halogens is 1. The molecule has 0 aliphatic heterocycles. The lowest BCUT2D eigenvalue weighted by atomic mass is 10.1. The van der Waals surface area contributed by atoms with Gasteiger partial charge in [-0.05, 0) is 23.6 Å². The molecule has 2 aromatic rings. The number of hydrogen-bond donors (Lipinski definition) is 1. The largest absolute Gasteiger partial charge is 0.465 e. The van der Waals surface area contributed by atoms with Crippen molar-refractivity contribution >= 4 is 28.5 Å². The molecule has 1 aromatic heterocycles. The van der Waals surface area contributed by atoms with Crippen LogP contribution in [-0.4, -0.2) is 18.1 Å².